The molecule has 0 bridgehead atoms. The Hall–Kier alpha value is -1.61. The molecule has 0 unspecified atom stereocenters. The molecule has 0 aliphatic carbocycles. The van der Waals surface area contributed by atoms with Crippen molar-refractivity contribution in [3.8, 4) is 0 Å². The summed E-state index contributed by atoms with van der Waals surface area (Å²) in [5.41, 5.74) is 4.81. The highest BCUT2D eigenvalue weighted by Crippen LogP contribution is 2.39. The second-order valence-electron chi connectivity index (χ2n) is 5.43. The molecule has 118 valence electrons. The molecule has 0 aromatic carbocycles. The Kier molecular flexibility index (Phi) is 3.76. The number of pyridine rings is 1. The van der Waals surface area contributed by atoms with Crippen molar-refractivity contribution in [1.82, 2.24) is 15.2 Å². The molecule has 4 heterocycles. The first-order chi connectivity index (χ1) is 11.2. The first-order valence-corrected chi connectivity index (χ1v) is 9.62. The third kappa shape index (κ3) is 2.42. The van der Waals surface area contributed by atoms with Crippen molar-refractivity contribution >= 4 is 60.2 Å². The molecule has 0 radical (unpaired) electrons. The van der Waals surface area contributed by atoms with Gasteiger partial charge in [0.1, 0.15) is 10.6 Å². The van der Waals surface area contributed by atoms with Crippen molar-refractivity contribution in [2.75, 3.05) is 5.32 Å². The lowest BCUT2D eigenvalue weighted by Gasteiger charge is -2.06. The Labute approximate surface area is 150 Å². The number of nitrogens with one attached hydrogen (secondary N) is 2. The van der Waals surface area contributed by atoms with Gasteiger partial charge in [-0.3, -0.25) is 5.10 Å². The van der Waals surface area contributed by atoms with E-state index < -0.39 is 0 Å². The summed E-state index contributed by atoms with van der Waals surface area (Å²) in [5.74, 6) is 1.74. The highest BCUT2D eigenvalue weighted by atomic mass is 127. The summed E-state index contributed by atoms with van der Waals surface area (Å²) in [6.07, 6.45) is 1.68. The molecule has 4 rings (SSSR count). The second kappa shape index (κ2) is 5.79. The van der Waals surface area contributed by atoms with Crippen LogP contribution in [0.3, 0.4) is 0 Å². The van der Waals surface area contributed by atoms with E-state index in [0.29, 0.717) is 6.54 Å². The maximum absolute atomic E-state index is 5.36. The van der Waals surface area contributed by atoms with E-state index in [-0.39, 0.29) is 0 Å². The minimum atomic E-state index is 0.617. The van der Waals surface area contributed by atoms with Gasteiger partial charge >= 0.3 is 0 Å². The zero-order valence-electron chi connectivity index (χ0n) is 12.7. The molecule has 0 atom stereocenters. The van der Waals surface area contributed by atoms with Gasteiger partial charge in [0.05, 0.1) is 23.0 Å². The number of halogens is 1. The fraction of sp³-hybridized carbons (Fsp3) is 0.250. The van der Waals surface area contributed by atoms with Crippen LogP contribution in [0.4, 0.5) is 5.82 Å². The quantitative estimate of drug-likeness (QED) is 0.350. The lowest BCUT2D eigenvalue weighted by Crippen LogP contribution is -1.98. The van der Waals surface area contributed by atoms with Crippen LogP contribution < -0.4 is 5.32 Å². The van der Waals surface area contributed by atoms with Crippen LogP contribution in [0.1, 0.15) is 22.6 Å². The molecular formula is C16H15IN4OS. The first-order valence-electron chi connectivity index (χ1n) is 7.28. The molecule has 0 fully saturated rings. The third-order valence-electron chi connectivity index (χ3n) is 4.06. The number of aromatic nitrogens is 3. The number of rotatable bonds is 4. The second-order valence-corrected chi connectivity index (χ2v) is 7.19. The van der Waals surface area contributed by atoms with Crippen molar-refractivity contribution in [3.63, 3.8) is 0 Å². The fourth-order valence-corrected chi connectivity index (χ4v) is 5.15. The summed E-state index contributed by atoms with van der Waals surface area (Å²) in [5, 5.41) is 12.1. The van der Waals surface area contributed by atoms with E-state index in [2.05, 4.69) is 52.0 Å². The topological polar surface area (TPSA) is 66.7 Å². The average Bonchev–Trinajstić information content (AvgIpc) is 3.21. The number of aryl methyl sites for hydroxylation is 2. The number of alkyl halides is 1. The summed E-state index contributed by atoms with van der Waals surface area (Å²) in [6, 6.07) is 3.84. The van der Waals surface area contributed by atoms with Gasteiger partial charge in [0.25, 0.3) is 0 Å². The van der Waals surface area contributed by atoms with Gasteiger partial charge in [0, 0.05) is 15.5 Å². The Morgan fingerprint density at radius 1 is 1.39 bits per heavy atom. The van der Waals surface area contributed by atoms with Crippen LogP contribution in [0.2, 0.25) is 0 Å². The molecule has 0 aliphatic rings. The molecule has 23 heavy (non-hydrogen) atoms. The molecule has 0 aliphatic heterocycles. The number of thiophene rings is 1. The first kappa shape index (κ1) is 14.9. The Bertz CT molecular complexity index is 987. The van der Waals surface area contributed by atoms with E-state index in [1.54, 1.807) is 17.6 Å². The van der Waals surface area contributed by atoms with Gasteiger partial charge in [-0.15, -0.1) is 11.3 Å². The number of hydrogen-bond donors (Lipinski definition) is 2. The minimum absolute atomic E-state index is 0.617. The number of fused-ring (bicyclic) bond motifs is 3. The van der Waals surface area contributed by atoms with Crippen LogP contribution >= 0.6 is 33.9 Å². The van der Waals surface area contributed by atoms with Crippen LogP contribution in [-0.4, -0.2) is 15.2 Å². The van der Waals surface area contributed by atoms with E-state index in [0.717, 1.165) is 36.7 Å². The smallest absolute Gasteiger partial charge is 0.166 e. The van der Waals surface area contributed by atoms with E-state index in [4.69, 9.17) is 9.40 Å². The Balaban J connectivity index is 1.81. The summed E-state index contributed by atoms with van der Waals surface area (Å²) in [6.45, 7) is 4.88. The van der Waals surface area contributed by atoms with Crippen LogP contribution in [-0.2, 0) is 11.0 Å². The largest absolute Gasteiger partial charge is 0.467 e. The molecule has 4 aromatic rings. The number of furan rings is 1. The third-order valence-corrected chi connectivity index (χ3v) is 5.91. The summed E-state index contributed by atoms with van der Waals surface area (Å²) >= 11 is 4.08. The van der Waals surface area contributed by atoms with Crippen LogP contribution in [0, 0.1) is 13.8 Å². The van der Waals surface area contributed by atoms with E-state index in [1.165, 1.54) is 16.5 Å². The van der Waals surface area contributed by atoms with Crippen LogP contribution in [0.5, 0.6) is 0 Å². The van der Waals surface area contributed by atoms with Gasteiger partial charge in [-0.25, -0.2) is 4.98 Å². The molecule has 0 saturated heterocycles. The molecule has 2 N–H and O–H groups in total. The number of hydrogen-bond acceptors (Lipinski definition) is 5. The van der Waals surface area contributed by atoms with Crippen molar-refractivity contribution in [2.24, 2.45) is 0 Å². The lowest BCUT2D eigenvalue weighted by molar-refractivity contribution is 0.518. The van der Waals surface area contributed by atoms with Crippen molar-refractivity contribution in [1.29, 1.82) is 0 Å². The van der Waals surface area contributed by atoms with E-state index in [1.807, 2.05) is 12.1 Å². The maximum Gasteiger partial charge on any atom is 0.166 e. The number of aromatic amines is 1. The lowest BCUT2D eigenvalue weighted by atomic mass is 10.1. The van der Waals surface area contributed by atoms with Gasteiger partial charge in [-0.2, -0.15) is 5.10 Å². The molecule has 4 aromatic heterocycles. The molecular weight excluding hydrogens is 423 g/mol. The van der Waals surface area contributed by atoms with Gasteiger partial charge in [0.15, 0.2) is 5.82 Å². The normalized spacial score (nSPS) is 11.6. The van der Waals surface area contributed by atoms with Gasteiger partial charge in [-0.1, -0.05) is 22.6 Å². The van der Waals surface area contributed by atoms with Crippen molar-refractivity contribution in [3.05, 3.63) is 41.0 Å². The molecule has 0 spiro atoms. The highest BCUT2D eigenvalue weighted by molar-refractivity contribution is 14.1. The van der Waals surface area contributed by atoms with E-state index >= 15 is 0 Å². The molecule has 0 saturated carbocycles. The van der Waals surface area contributed by atoms with Crippen molar-refractivity contribution < 1.29 is 4.42 Å². The minimum Gasteiger partial charge on any atom is -0.467 e. The average molecular weight is 438 g/mol. The number of nitrogens with zero attached hydrogens (tertiary/aromatic N) is 2. The maximum atomic E-state index is 5.36. The zero-order chi connectivity index (χ0) is 16.0. The number of H-pyrrole nitrogens is 1. The van der Waals surface area contributed by atoms with Gasteiger partial charge in [0.2, 0.25) is 0 Å². The van der Waals surface area contributed by atoms with Crippen LogP contribution in [0.25, 0.3) is 20.4 Å². The summed E-state index contributed by atoms with van der Waals surface area (Å²) in [4.78, 5) is 5.86. The predicted molar refractivity (Wildman–Crippen MR) is 103 cm³/mol. The number of anilines is 1. The van der Waals surface area contributed by atoms with Gasteiger partial charge in [-0.05, 0) is 37.1 Å². The van der Waals surface area contributed by atoms with Crippen molar-refractivity contribution in [2.45, 2.75) is 24.8 Å². The monoisotopic (exact) mass is 438 g/mol. The predicted octanol–water partition coefficient (Wildman–Crippen LogP) is 4.93. The standard InChI is InChI=1S/C16H15IN4OS/c1-8-11(6-17)9(2)19-16-12(8)13-14(23-16)15(21-20-13)18-7-10-4-3-5-22-10/h3-5H,6-7H2,1-2H3,(H2,18,20,21). The summed E-state index contributed by atoms with van der Waals surface area (Å²) in [7, 11) is 0. The van der Waals surface area contributed by atoms with E-state index in [9.17, 15) is 0 Å². The zero-order valence-corrected chi connectivity index (χ0v) is 15.7. The summed E-state index contributed by atoms with van der Waals surface area (Å²) < 4.78 is 7.44. The Morgan fingerprint density at radius 2 is 2.26 bits per heavy atom. The molecule has 5 nitrogen and oxygen atoms in total. The Morgan fingerprint density at radius 3 is 3.00 bits per heavy atom. The van der Waals surface area contributed by atoms with Crippen LogP contribution in [0.15, 0.2) is 22.8 Å². The van der Waals surface area contributed by atoms with Gasteiger partial charge < -0.3 is 9.73 Å². The molecule has 0 amide bonds. The highest BCUT2D eigenvalue weighted by Gasteiger charge is 2.18. The fourth-order valence-electron chi connectivity index (χ4n) is 2.82. The SMILES string of the molecule is Cc1nc2sc3c(NCc4ccco4)n[nH]c3c2c(C)c1CI. The molecule has 7 heteroatoms.